The maximum atomic E-state index is 11.9. The molecule has 0 radical (unpaired) electrons. The third kappa shape index (κ3) is 7.52. The lowest BCUT2D eigenvalue weighted by atomic mass is 10.1. The van der Waals surface area contributed by atoms with E-state index >= 15 is 0 Å². The van der Waals surface area contributed by atoms with Gasteiger partial charge in [0.05, 0.1) is 0 Å². The second-order valence-electron chi connectivity index (χ2n) is 6.42. The lowest BCUT2D eigenvalue weighted by Crippen LogP contribution is -2.21. The van der Waals surface area contributed by atoms with E-state index in [0.29, 0.717) is 17.8 Å². The van der Waals surface area contributed by atoms with Gasteiger partial charge in [-0.05, 0) is 67.8 Å². The van der Waals surface area contributed by atoms with Crippen LogP contribution in [0.25, 0.3) is 0 Å². The van der Waals surface area contributed by atoms with Gasteiger partial charge in [-0.1, -0.05) is 22.0 Å². The van der Waals surface area contributed by atoms with Crippen molar-refractivity contribution in [2.24, 2.45) is 0 Å². The molecule has 0 spiro atoms. The molecular formula is C21H23BrN2O4. The Labute approximate surface area is 172 Å². The minimum absolute atomic E-state index is 0.0741. The van der Waals surface area contributed by atoms with Crippen molar-refractivity contribution in [1.29, 1.82) is 0 Å². The maximum absolute atomic E-state index is 11.9. The second kappa shape index (κ2) is 10.6. The van der Waals surface area contributed by atoms with E-state index in [0.717, 1.165) is 15.6 Å². The molecule has 0 aliphatic carbocycles. The zero-order valence-electron chi connectivity index (χ0n) is 15.9. The summed E-state index contributed by atoms with van der Waals surface area (Å²) in [5, 5.41) is 5.44. The molecule has 2 aromatic rings. The van der Waals surface area contributed by atoms with Gasteiger partial charge in [0.2, 0.25) is 5.91 Å². The zero-order valence-corrected chi connectivity index (χ0v) is 17.5. The normalized spacial score (nSPS) is 10.2. The number of halogens is 1. The van der Waals surface area contributed by atoms with Gasteiger partial charge in [-0.3, -0.25) is 14.4 Å². The number of nitrogens with one attached hydrogen (secondary N) is 2. The molecule has 0 fully saturated rings. The van der Waals surface area contributed by atoms with Gasteiger partial charge in [-0.15, -0.1) is 0 Å². The van der Waals surface area contributed by atoms with Crippen LogP contribution in [-0.2, 0) is 19.1 Å². The highest BCUT2D eigenvalue weighted by atomic mass is 79.9. The topological polar surface area (TPSA) is 84.5 Å². The fourth-order valence-electron chi connectivity index (χ4n) is 2.38. The van der Waals surface area contributed by atoms with E-state index in [9.17, 15) is 14.4 Å². The van der Waals surface area contributed by atoms with Gasteiger partial charge in [-0.25, -0.2) is 0 Å². The summed E-state index contributed by atoms with van der Waals surface area (Å²) < 4.78 is 5.88. The molecule has 0 saturated heterocycles. The van der Waals surface area contributed by atoms with Crippen LogP contribution in [0, 0.1) is 13.8 Å². The highest BCUT2D eigenvalue weighted by Crippen LogP contribution is 2.15. The highest BCUT2D eigenvalue weighted by Gasteiger charge is 2.10. The van der Waals surface area contributed by atoms with Crippen LogP contribution in [0.5, 0.6) is 0 Å². The third-order valence-electron chi connectivity index (χ3n) is 4.07. The molecule has 6 nitrogen and oxygen atoms in total. The molecule has 0 atom stereocenters. The predicted octanol–water partition coefficient (Wildman–Crippen LogP) is 4.36. The summed E-state index contributed by atoms with van der Waals surface area (Å²) in [6.45, 7) is 3.59. The predicted molar refractivity (Wildman–Crippen MR) is 112 cm³/mol. The van der Waals surface area contributed by atoms with Crippen molar-refractivity contribution in [3.05, 3.63) is 58.1 Å². The Kier molecular flexibility index (Phi) is 8.19. The zero-order chi connectivity index (χ0) is 20.5. The first-order valence-corrected chi connectivity index (χ1v) is 9.71. The number of benzene rings is 2. The molecule has 28 heavy (non-hydrogen) atoms. The van der Waals surface area contributed by atoms with E-state index in [2.05, 4.69) is 26.6 Å². The number of esters is 1. The van der Waals surface area contributed by atoms with Gasteiger partial charge in [0.15, 0.2) is 6.61 Å². The number of hydrogen-bond donors (Lipinski definition) is 2. The van der Waals surface area contributed by atoms with Crippen molar-refractivity contribution in [3.63, 3.8) is 0 Å². The molecule has 2 amide bonds. The Morgan fingerprint density at radius 1 is 0.857 bits per heavy atom. The Balaban J connectivity index is 1.63. The average Bonchev–Trinajstić information content (AvgIpc) is 2.65. The summed E-state index contributed by atoms with van der Waals surface area (Å²) in [5.41, 5.74) is 3.55. The molecular weight excluding hydrogens is 424 g/mol. The SMILES string of the molecule is Cc1ccc(NC(=O)COC(=O)CCCC(=O)Nc2ccc(Br)cc2)cc1C. The lowest BCUT2D eigenvalue weighted by molar-refractivity contribution is -0.147. The quantitative estimate of drug-likeness (QED) is 0.590. The molecule has 2 aromatic carbocycles. The summed E-state index contributed by atoms with van der Waals surface area (Å²) >= 11 is 3.33. The van der Waals surface area contributed by atoms with E-state index in [1.807, 2.05) is 38.1 Å². The van der Waals surface area contributed by atoms with Crippen LogP contribution in [0.4, 0.5) is 11.4 Å². The van der Waals surface area contributed by atoms with Gasteiger partial charge >= 0.3 is 5.97 Å². The first-order chi connectivity index (χ1) is 13.3. The van der Waals surface area contributed by atoms with Gasteiger partial charge < -0.3 is 15.4 Å². The number of carbonyl (C=O) groups excluding carboxylic acids is 3. The molecule has 0 heterocycles. The summed E-state index contributed by atoms with van der Waals surface area (Å²) in [6.07, 6.45) is 0.616. The summed E-state index contributed by atoms with van der Waals surface area (Å²) in [6, 6.07) is 12.8. The third-order valence-corrected chi connectivity index (χ3v) is 4.60. The number of aryl methyl sites for hydroxylation is 2. The van der Waals surface area contributed by atoms with E-state index < -0.39 is 11.9 Å². The Hall–Kier alpha value is -2.67. The van der Waals surface area contributed by atoms with Crippen molar-refractivity contribution in [1.82, 2.24) is 0 Å². The number of hydrogen-bond acceptors (Lipinski definition) is 4. The fraction of sp³-hybridized carbons (Fsp3) is 0.286. The summed E-state index contributed by atoms with van der Waals surface area (Å²) in [4.78, 5) is 35.5. The van der Waals surface area contributed by atoms with Crippen LogP contribution in [0.15, 0.2) is 46.9 Å². The average molecular weight is 447 g/mol. The lowest BCUT2D eigenvalue weighted by Gasteiger charge is -2.08. The standard InChI is InChI=1S/C21H23BrN2O4/c1-14-6-9-18(12-15(14)2)24-20(26)13-28-21(27)5-3-4-19(25)23-17-10-7-16(22)8-11-17/h6-12H,3-5,13H2,1-2H3,(H,23,25)(H,24,26). The van der Waals surface area contributed by atoms with E-state index in [4.69, 9.17) is 4.74 Å². The molecule has 0 aliphatic heterocycles. The number of ether oxygens (including phenoxy) is 1. The van der Waals surface area contributed by atoms with Crippen molar-refractivity contribution in [2.45, 2.75) is 33.1 Å². The van der Waals surface area contributed by atoms with Crippen LogP contribution in [0.2, 0.25) is 0 Å². The van der Waals surface area contributed by atoms with Crippen LogP contribution >= 0.6 is 15.9 Å². The number of rotatable bonds is 8. The highest BCUT2D eigenvalue weighted by molar-refractivity contribution is 9.10. The van der Waals surface area contributed by atoms with Crippen LogP contribution < -0.4 is 10.6 Å². The van der Waals surface area contributed by atoms with Gasteiger partial charge in [0.25, 0.3) is 5.91 Å². The summed E-state index contributed by atoms with van der Waals surface area (Å²) in [7, 11) is 0. The van der Waals surface area contributed by atoms with Gasteiger partial charge in [0, 0.05) is 28.7 Å². The fourth-order valence-corrected chi connectivity index (χ4v) is 2.65. The molecule has 0 unspecified atom stereocenters. The largest absolute Gasteiger partial charge is 0.456 e. The first-order valence-electron chi connectivity index (χ1n) is 8.91. The molecule has 0 aromatic heterocycles. The van der Waals surface area contributed by atoms with Crippen LogP contribution in [-0.4, -0.2) is 24.4 Å². The monoisotopic (exact) mass is 446 g/mol. The van der Waals surface area contributed by atoms with Crippen LogP contribution in [0.1, 0.15) is 30.4 Å². The molecule has 7 heteroatoms. The minimum atomic E-state index is -0.508. The van der Waals surface area contributed by atoms with Crippen molar-refractivity contribution < 1.29 is 19.1 Å². The molecule has 2 N–H and O–H groups in total. The van der Waals surface area contributed by atoms with Gasteiger partial charge in [0.1, 0.15) is 0 Å². The number of anilines is 2. The molecule has 2 rings (SSSR count). The van der Waals surface area contributed by atoms with Crippen molar-refractivity contribution in [2.75, 3.05) is 17.2 Å². The first kappa shape index (κ1) is 21.6. The number of amides is 2. The Bertz CT molecular complexity index is 850. The Morgan fingerprint density at radius 3 is 2.18 bits per heavy atom. The van der Waals surface area contributed by atoms with E-state index in [-0.39, 0.29) is 25.4 Å². The minimum Gasteiger partial charge on any atom is -0.456 e. The summed E-state index contributed by atoms with van der Waals surface area (Å²) in [5.74, 6) is -1.08. The van der Waals surface area contributed by atoms with Gasteiger partial charge in [-0.2, -0.15) is 0 Å². The van der Waals surface area contributed by atoms with E-state index in [1.165, 1.54) is 0 Å². The van der Waals surface area contributed by atoms with E-state index in [1.54, 1.807) is 18.2 Å². The molecule has 0 aliphatic rings. The van der Waals surface area contributed by atoms with Crippen molar-refractivity contribution in [3.8, 4) is 0 Å². The smallest absolute Gasteiger partial charge is 0.306 e. The molecule has 0 bridgehead atoms. The maximum Gasteiger partial charge on any atom is 0.306 e. The van der Waals surface area contributed by atoms with Crippen molar-refractivity contribution >= 4 is 45.1 Å². The molecule has 148 valence electrons. The number of carbonyl (C=O) groups is 3. The second-order valence-corrected chi connectivity index (χ2v) is 7.33. The Morgan fingerprint density at radius 2 is 1.50 bits per heavy atom. The van der Waals surface area contributed by atoms with Crippen LogP contribution in [0.3, 0.4) is 0 Å². The molecule has 0 saturated carbocycles.